The lowest BCUT2D eigenvalue weighted by molar-refractivity contribution is 1.16. The van der Waals surface area contributed by atoms with E-state index in [-0.39, 0.29) is 0 Å². The summed E-state index contributed by atoms with van der Waals surface area (Å²) in [7, 11) is 0. The minimum Gasteiger partial charge on any atom is -0.0788 e. The predicted molar refractivity (Wildman–Crippen MR) is 84.0 cm³/mol. The van der Waals surface area contributed by atoms with E-state index in [1.807, 2.05) is 0 Å². The van der Waals surface area contributed by atoms with E-state index in [0.29, 0.717) is 0 Å². The first-order valence-corrected chi connectivity index (χ1v) is 6.88. The Labute approximate surface area is 117 Å². The molecule has 0 aliphatic heterocycles. The van der Waals surface area contributed by atoms with Crippen molar-refractivity contribution in [3.05, 3.63) is 82.9 Å². The van der Waals surface area contributed by atoms with Gasteiger partial charge in [-0.3, -0.25) is 0 Å². The molecule has 19 heavy (non-hydrogen) atoms. The smallest absolute Gasteiger partial charge is 0.0527 e. The van der Waals surface area contributed by atoms with E-state index in [9.17, 15) is 0 Å². The van der Waals surface area contributed by atoms with Gasteiger partial charge < -0.3 is 0 Å². The molecule has 3 aromatic rings. The van der Waals surface area contributed by atoms with Crippen LogP contribution in [-0.2, 0) is 6.42 Å². The van der Waals surface area contributed by atoms with Gasteiger partial charge in [0.15, 0.2) is 0 Å². The van der Waals surface area contributed by atoms with Gasteiger partial charge in [-0.05, 0) is 45.5 Å². The molecule has 0 saturated carbocycles. The van der Waals surface area contributed by atoms with E-state index in [0.717, 1.165) is 11.3 Å². The number of thiocarbonyl (C=S) groups is 1. The van der Waals surface area contributed by atoms with Gasteiger partial charge in [-0.15, -0.1) is 0 Å². The van der Waals surface area contributed by atoms with Crippen molar-refractivity contribution in [1.29, 1.82) is 0 Å². The summed E-state index contributed by atoms with van der Waals surface area (Å²) in [4.78, 5) is 0.989. The molecule has 0 radical (unpaired) electrons. The van der Waals surface area contributed by atoms with Gasteiger partial charge in [0.05, 0.1) is 4.86 Å². The van der Waals surface area contributed by atoms with Crippen molar-refractivity contribution in [3.63, 3.8) is 0 Å². The maximum absolute atomic E-state index is 5.68. The molecule has 0 fully saturated rings. The molecular formula is C18H12S. The van der Waals surface area contributed by atoms with Gasteiger partial charge in [0.1, 0.15) is 0 Å². The number of fused-ring (bicyclic) bond motifs is 3. The van der Waals surface area contributed by atoms with E-state index < -0.39 is 0 Å². The van der Waals surface area contributed by atoms with Gasteiger partial charge in [-0.2, -0.15) is 0 Å². The second-order valence-electron chi connectivity index (χ2n) is 5.02. The summed E-state index contributed by atoms with van der Waals surface area (Å²) in [6, 6.07) is 21.5. The Morgan fingerprint density at radius 1 is 0.684 bits per heavy atom. The van der Waals surface area contributed by atoms with E-state index in [4.69, 9.17) is 12.2 Å². The van der Waals surface area contributed by atoms with Crippen molar-refractivity contribution in [2.45, 2.75) is 6.42 Å². The Kier molecular flexibility index (Phi) is 2.30. The quantitative estimate of drug-likeness (QED) is 0.419. The summed E-state index contributed by atoms with van der Waals surface area (Å²) in [6.45, 7) is 0. The minimum absolute atomic E-state index is 0.983. The first kappa shape index (κ1) is 10.9. The molecule has 0 bridgehead atoms. The second-order valence-corrected chi connectivity index (χ2v) is 5.43. The monoisotopic (exact) mass is 260 g/mol. The van der Waals surface area contributed by atoms with Crippen LogP contribution in [0.25, 0.3) is 10.8 Å². The van der Waals surface area contributed by atoms with Crippen molar-refractivity contribution in [2.75, 3.05) is 0 Å². The molecule has 0 N–H and O–H groups in total. The third kappa shape index (κ3) is 1.62. The summed E-state index contributed by atoms with van der Waals surface area (Å²) in [5.74, 6) is 0. The first-order valence-electron chi connectivity index (χ1n) is 6.47. The van der Waals surface area contributed by atoms with Crippen LogP contribution in [0.5, 0.6) is 0 Å². The predicted octanol–water partition coefficient (Wildman–Crippen LogP) is 4.51. The average molecular weight is 260 g/mol. The van der Waals surface area contributed by atoms with E-state index in [1.165, 1.54) is 33.0 Å². The Hall–Kier alpha value is -1.99. The highest BCUT2D eigenvalue weighted by Gasteiger charge is 2.19. The summed E-state index contributed by atoms with van der Waals surface area (Å²) in [6.07, 6.45) is 0.983. The number of benzene rings is 3. The Morgan fingerprint density at radius 3 is 2.21 bits per heavy atom. The molecule has 0 spiro atoms. The Bertz CT molecular complexity index is 815. The fourth-order valence-corrected chi connectivity index (χ4v) is 3.28. The van der Waals surface area contributed by atoms with Crippen LogP contribution in [0.2, 0.25) is 0 Å². The molecule has 90 valence electrons. The zero-order valence-corrected chi connectivity index (χ0v) is 11.2. The number of hydrogen-bond donors (Lipinski definition) is 0. The molecule has 3 aromatic carbocycles. The zero-order chi connectivity index (χ0) is 12.8. The van der Waals surface area contributed by atoms with Gasteiger partial charge >= 0.3 is 0 Å². The molecule has 0 atom stereocenters. The molecule has 0 unspecified atom stereocenters. The molecular weight excluding hydrogens is 248 g/mol. The lowest BCUT2D eigenvalue weighted by Crippen LogP contribution is -2.13. The van der Waals surface area contributed by atoms with Crippen LogP contribution < -0.4 is 0 Å². The van der Waals surface area contributed by atoms with Crippen molar-refractivity contribution in [2.24, 2.45) is 0 Å². The van der Waals surface area contributed by atoms with E-state index in [1.54, 1.807) is 0 Å². The van der Waals surface area contributed by atoms with Crippen LogP contribution >= 0.6 is 12.2 Å². The lowest BCUT2D eigenvalue weighted by atomic mass is 9.84. The van der Waals surface area contributed by atoms with Gasteiger partial charge in [-0.1, -0.05) is 66.8 Å². The lowest BCUT2D eigenvalue weighted by Gasteiger charge is -2.21. The summed E-state index contributed by atoms with van der Waals surface area (Å²) >= 11 is 5.68. The Morgan fingerprint density at radius 2 is 1.37 bits per heavy atom. The summed E-state index contributed by atoms with van der Waals surface area (Å²) < 4.78 is 0. The third-order valence-corrected chi connectivity index (χ3v) is 4.30. The standard InChI is InChI=1S/C18H12S/c19-18-16-8-4-3-7-14(16)10-15-9-12-5-1-2-6-13(12)11-17(15)18/h1-9,11H,10H2. The highest BCUT2D eigenvalue weighted by Crippen LogP contribution is 2.30. The van der Waals surface area contributed by atoms with Crippen LogP contribution in [0.4, 0.5) is 0 Å². The van der Waals surface area contributed by atoms with Crippen molar-refractivity contribution >= 4 is 27.9 Å². The first-order chi connectivity index (χ1) is 9.33. The normalized spacial score (nSPS) is 13.2. The highest BCUT2D eigenvalue weighted by molar-refractivity contribution is 7.81. The maximum Gasteiger partial charge on any atom is 0.0527 e. The molecule has 0 aromatic heterocycles. The molecule has 4 rings (SSSR count). The molecule has 1 aliphatic carbocycles. The third-order valence-electron chi connectivity index (χ3n) is 3.86. The van der Waals surface area contributed by atoms with Gasteiger partial charge in [0.2, 0.25) is 0 Å². The van der Waals surface area contributed by atoms with Crippen LogP contribution in [-0.4, -0.2) is 4.86 Å². The van der Waals surface area contributed by atoms with Crippen LogP contribution in [0.1, 0.15) is 22.3 Å². The summed E-state index contributed by atoms with van der Waals surface area (Å²) in [5.41, 5.74) is 5.14. The molecule has 0 saturated heterocycles. The van der Waals surface area contributed by atoms with E-state index in [2.05, 4.69) is 60.7 Å². The Balaban J connectivity index is 2.00. The van der Waals surface area contributed by atoms with E-state index >= 15 is 0 Å². The van der Waals surface area contributed by atoms with Gasteiger partial charge in [0, 0.05) is 0 Å². The molecule has 0 heterocycles. The van der Waals surface area contributed by atoms with Crippen molar-refractivity contribution in [3.8, 4) is 0 Å². The number of hydrogen-bond acceptors (Lipinski definition) is 1. The van der Waals surface area contributed by atoms with Gasteiger partial charge in [0.25, 0.3) is 0 Å². The van der Waals surface area contributed by atoms with Crippen LogP contribution in [0.15, 0.2) is 60.7 Å². The fourth-order valence-electron chi connectivity index (χ4n) is 2.89. The summed E-state index contributed by atoms with van der Waals surface area (Å²) in [5, 5.41) is 2.56. The van der Waals surface area contributed by atoms with Gasteiger partial charge in [-0.25, -0.2) is 0 Å². The second kappa shape index (κ2) is 4.01. The SMILES string of the molecule is S=C1c2ccccc2Cc2cc3ccccc3cc21. The molecule has 0 nitrogen and oxygen atoms in total. The number of rotatable bonds is 0. The van der Waals surface area contributed by atoms with Crippen LogP contribution in [0, 0.1) is 0 Å². The van der Waals surface area contributed by atoms with Crippen molar-refractivity contribution in [1.82, 2.24) is 0 Å². The zero-order valence-electron chi connectivity index (χ0n) is 10.4. The van der Waals surface area contributed by atoms with Crippen LogP contribution in [0.3, 0.4) is 0 Å². The topological polar surface area (TPSA) is 0 Å². The largest absolute Gasteiger partial charge is 0.0788 e. The average Bonchev–Trinajstić information content (AvgIpc) is 2.46. The maximum atomic E-state index is 5.68. The molecule has 1 aliphatic rings. The highest BCUT2D eigenvalue weighted by atomic mass is 32.1. The fraction of sp³-hybridized carbons (Fsp3) is 0.0556. The minimum atomic E-state index is 0.983. The molecule has 0 amide bonds. The van der Waals surface area contributed by atoms with Crippen molar-refractivity contribution < 1.29 is 0 Å². The molecule has 1 heteroatoms.